The third-order valence-electron chi connectivity index (χ3n) is 5.33. The first-order valence-corrected chi connectivity index (χ1v) is 12.6. The summed E-state index contributed by atoms with van der Waals surface area (Å²) in [6.45, 7) is 5.44. The smallest absolute Gasteiger partial charge is 0.264 e. The molecule has 0 aliphatic carbocycles. The van der Waals surface area contributed by atoms with Gasteiger partial charge in [0, 0.05) is 13.2 Å². The van der Waals surface area contributed by atoms with Crippen molar-refractivity contribution in [2.24, 2.45) is 0 Å². The molecule has 9 heteroatoms. The lowest BCUT2D eigenvalue weighted by atomic mass is 10.0. The molecule has 0 aromatic heterocycles. The number of unbranched alkanes of at least 4 members (excludes halogenated alkanes) is 3. The van der Waals surface area contributed by atoms with Crippen LogP contribution >= 0.6 is 0 Å². The number of piperidine rings is 1. The molecule has 3 atom stereocenters. The van der Waals surface area contributed by atoms with E-state index in [0.29, 0.717) is 19.8 Å². The third kappa shape index (κ3) is 7.25. The van der Waals surface area contributed by atoms with Gasteiger partial charge in [-0.05, 0) is 32.3 Å². The molecule has 0 bridgehead atoms. The topological polar surface area (TPSA) is 91.4 Å². The minimum absolute atomic E-state index is 0.171. The molecule has 2 heterocycles. The molecule has 1 aromatic carbocycles. The van der Waals surface area contributed by atoms with Crippen LogP contribution in [0.25, 0.3) is 0 Å². The molecule has 31 heavy (non-hydrogen) atoms. The van der Waals surface area contributed by atoms with E-state index in [1.807, 2.05) is 30.3 Å². The Morgan fingerprint density at radius 1 is 1.10 bits per heavy atom. The van der Waals surface area contributed by atoms with Crippen LogP contribution in [0.2, 0.25) is 0 Å². The van der Waals surface area contributed by atoms with Crippen molar-refractivity contribution in [2.75, 3.05) is 26.0 Å². The molecule has 1 aromatic rings. The van der Waals surface area contributed by atoms with Crippen molar-refractivity contribution in [3.05, 3.63) is 35.9 Å². The van der Waals surface area contributed by atoms with Crippen molar-refractivity contribution >= 4 is 16.0 Å². The first kappa shape index (κ1) is 24.1. The van der Waals surface area contributed by atoms with Crippen LogP contribution in [0.4, 0.5) is 0 Å². The summed E-state index contributed by atoms with van der Waals surface area (Å²) in [6.07, 6.45) is 2.38. The average molecular weight is 456 g/mol. The van der Waals surface area contributed by atoms with Crippen molar-refractivity contribution in [1.29, 1.82) is 0 Å². The average Bonchev–Trinajstić information content (AvgIpc) is 3.03. The number of carbonyl (C=O) groups excluding carboxylic acids is 1. The number of carbonyl (C=O) groups is 1. The van der Waals surface area contributed by atoms with E-state index in [-0.39, 0.29) is 12.5 Å². The first-order chi connectivity index (χ1) is 14.6. The van der Waals surface area contributed by atoms with Crippen molar-refractivity contribution in [2.45, 2.75) is 70.2 Å². The zero-order valence-electron chi connectivity index (χ0n) is 18.5. The van der Waals surface area contributed by atoms with Crippen LogP contribution in [-0.4, -0.2) is 69.3 Å². The van der Waals surface area contributed by atoms with E-state index in [1.165, 1.54) is 0 Å². The Morgan fingerprint density at radius 3 is 2.52 bits per heavy atom. The maximum absolute atomic E-state index is 12.8. The van der Waals surface area contributed by atoms with Crippen molar-refractivity contribution in [1.82, 2.24) is 4.90 Å². The van der Waals surface area contributed by atoms with Gasteiger partial charge in [-0.2, -0.15) is 8.42 Å². The zero-order valence-corrected chi connectivity index (χ0v) is 19.3. The predicted octanol–water partition coefficient (Wildman–Crippen LogP) is 2.47. The number of rotatable bonds is 11. The van der Waals surface area contributed by atoms with E-state index in [9.17, 15) is 13.2 Å². The number of fused-ring (bicyclic) bond motifs is 1. The normalized spacial score (nSPS) is 25.6. The second kappa shape index (κ2) is 10.4. The maximum atomic E-state index is 12.8. The van der Waals surface area contributed by atoms with Crippen LogP contribution in [0, 0.1) is 0 Å². The molecule has 1 amide bonds. The molecule has 0 unspecified atom stereocenters. The molecule has 8 nitrogen and oxygen atoms in total. The minimum Gasteiger partial charge on any atom is -0.377 e. The molecule has 2 aliphatic heterocycles. The molecule has 0 radical (unpaired) electrons. The lowest BCUT2D eigenvalue weighted by molar-refractivity contribution is -0.159. The maximum Gasteiger partial charge on any atom is 0.264 e. The van der Waals surface area contributed by atoms with Gasteiger partial charge < -0.3 is 19.1 Å². The number of hydrogen-bond donors (Lipinski definition) is 0. The van der Waals surface area contributed by atoms with Crippen molar-refractivity contribution in [3.63, 3.8) is 0 Å². The van der Waals surface area contributed by atoms with Crippen LogP contribution in [-0.2, 0) is 39.9 Å². The van der Waals surface area contributed by atoms with Gasteiger partial charge in [0.1, 0.15) is 12.2 Å². The summed E-state index contributed by atoms with van der Waals surface area (Å²) in [5.74, 6) is -1.13. The van der Waals surface area contributed by atoms with Gasteiger partial charge in [-0.25, -0.2) is 0 Å². The van der Waals surface area contributed by atoms with Crippen LogP contribution in [0.5, 0.6) is 0 Å². The highest BCUT2D eigenvalue weighted by Crippen LogP contribution is 2.35. The Morgan fingerprint density at radius 2 is 1.81 bits per heavy atom. The number of ether oxygens (including phenoxy) is 3. The lowest BCUT2D eigenvalue weighted by Crippen LogP contribution is -2.58. The largest absolute Gasteiger partial charge is 0.377 e. The van der Waals surface area contributed by atoms with Crippen LogP contribution in [0.15, 0.2) is 30.3 Å². The van der Waals surface area contributed by atoms with Gasteiger partial charge in [-0.3, -0.25) is 8.98 Å². The van der Waals surface area contributed by atoms with E-state index in [4.69, 9.17) is 18.4 Å². The second-order valence-electron chi connectivity index (χ2n) is 8.60. The standard InChI is InChI=1S/C22H33NO7S/c1-22(2)28-19-18(30-31(3,25)26)15-23(21(24)20(19)29-22)13-9-4-5-10-14-27-16-17-11-7-6-8-12-17/h6-8,11-12,18-20H,4-5,9-10,13-16H2,1-3H3/t18-,19-,20-/m1/s1. The van der Waals surface area contributed by atoms with Crippen LogP contribution in [0.1, 0.15) is 45.1 Å². The summed E-state index contributed by atoms with van der Waals surface area (Å²) in [7, 11) is -3.69. The highest BCUT2D eigenvalue weighted by Gasteiger charge is 2.54. The molecular weight excluding hydrogens is 422 g/mol. The predicted molar refractivity (Wildman–Crippen MR) is 115 cm³/mol. The summed E-state index contributed by atoms with van der Waals surface area (Å²) >= 11 is 0. The van der Waals surface area contributed by atoms with E-state index in [2.05, 4.69) is 0 Å². The van der Waals surface area contributed by atoms with E-state index < -0.39 is 34.2 Å². The summed E-state index contributed by atoms with van der Waals surface area (Å²) in [5.41, 5.74) is 1.16. The number of likely N-dealkylation sites (tertiary alicyclic amines) is 1. The second-order valence-corrected chi connectivity index (χ2v) is 10.2. The third-order valence-corrected chi connectivity index (χ3v) is 5.92. The first-order valence-electron chi connectivity index (χ1n) is 10.8. The molecule has 0 spiro atoms. The van der Waals surface area contributed by atoms with Gasteiger partial charge in [0.15, 0.2) is 11.9 Å². The number of amides is 1. The molecule has 2 aliphatic rings. The fraction of sp³-hybridized carbons (Fsp3) is 0.682. The fourth-order valence-electron chi connectivity index (χ4n) is 3.98. The fourth-order valence-corrected chi connectivity index (χ4v) is 4.60. The van der Waals surface area contributed by atoms with E-state index >= 15 is 0 Å². The monoisotopic (exact) mass is 455 g/mol. The van der Waals surface area contributed by atoms with Crippen molar-refractivity contribution in [3.8, 4) is 0 Å². The summed E-state index contributed by atoms with van der Waals surface area (Å²) in [4.78, 5) is 14.5. The van der Waals surface area contributed by atoms with Gasteiger partial charge in [0.2, 0.25) is 0 Å². The molecule has 3 rings (SSSR count). The summed E-state index contributed by atoms with van der Waals surface area (Å²) in [6, 6.07) is 10.1. The minimum atomic E-state index is -3.69. The Labute approximate surface area is 184 Å². The number of benzene rings is 1. The molecular formula is C22H33NO7S. The molecule has 2 saturated heterocycles. The van der Waals surface area contributed by atoms with Gasteiger partial charge in [-0.1, -0.05) is 43.2 Å². The molecule has 174 valence electrons. The number of nitrogens with zero attached hydrogens (tertiary/aromatic N) is 1. The van der Waals surface area contributed by atoms with Crippen LogP contribution < -0.4 is 0 Å². The van der Waals surface area contributed by atoms with Crippen LogP contribution in [0.3, 0.4) is 0 Å². The molecule has 0 N–H and O–H groups in total. The Bertz CT molecular complexity index is 828. The highest BCUT2D eigenvalue weighted by atomic mass is 32.2. The lowest BCUT2D eigenvalue weighted by Gasteiger charge is -2.37. The SMILES string of the molecule is CC1(C)O[C@@H]2[C@H](OS(C)(=O)=O)CN(CCCCCCOCc3ccccc3)C(=O)[C@@H]2O1. The van der Waals surface area contributed by atoms with Gasteiger partial charge in [-0.15, -0.1) is 0 Å². The highest BCUT2D eigenvalue weighted by molar-refractivity contribution is 7.86. The van der Waals surface area contributed by atoms with E-state index in [0.717, 1.165) is 37.5 Å². The zero-order chi connectivity index (χ0) is 22.5. The quantitative estimate of drug-likeness (QED) is 0.374. The number of hydrogen-bond acceptors (Lipinski definition) is 7. The summed E-state index contributed by atoms with van der Waals surface area (Å²) in [5, 5.41) is 0. The molecule has 0 saturated carbocycles. The Kier molecular flexibility index (Phi) is 8.09. The molecule has 2 fully saturated rings. The Balaban J connectivity index is 1.40. The van der Waals surface area contributed by atoms with E-state index in [1.54, 1.807) is 18.7 Å². The van der Waals surface area contributed by atoms with Crippen molar-refractivity contribution < 1.29 is 31.6 Å². The van der Waals surface area contributed by atoms with Gasteiger partial charge in [0.25, 0.3) is 16.0 Å². The van der Waals surface area contributed by atoms with Gasteiger partial charge >= 0.3 is 0 Å². The van der Waals surface area contributed by atoms with Gasteiger partial charge in [0.05, 0.1) is 19.4 Å². The summed E-state index contributed by atoms with van der Waals surface area (Å²) < 4.78 is 45.8. The Hall–Kier alpha value is -1.52.